The van der Waals surface area contributed by atoms with Crippen molar-refractivity contribution in [2.24, 2.45) is 5.92 Å². The lowest BCUT2D eigenvalue weighted by Gasteiger charge is -2.19. The summed E-state index contributed by atoms with van der Waals surface area (Å²) >= 11 is 0. The minimum absolute atomic E-state index is 0.138. The van der Waals surface area contributed by atoms with Crippen LogP contribution in [0.4, 0.5) is 0 Å². The van der Waals surface area contributed by atoms with Crippen molar-refractivity contribution in [3.8, 4) is 5.75 Å². The molecule has 0 bridgehead atoms. The molecule has 0 aromatic heterocycles. The minimum Gasteiger partial charge on any atom is -0.489 e. The van der Waals surface area contributed by atoms with Gasteiger partial charge in [-0.3, -0.25) is 4.79 Å². The van der Waals surface area contributed by atoms with E-state index in [1.807, 2.05) is 61.5 Å². The number of carbonyl (C=O) groups is 2. The average Bonchev–Trinajstić information content (AvgIpc) is 2.69. The molecule has 2 aromatic carbocycles. The Bertz CT molecular complexity index is 769. The van der Waals surface area contributed by atoms with Crippen LogP contribution in [-0.2, 0) is 16.2 Å². The SMILES string of the molecule is CCC(C)C(NC(=O)/C=C/c1ccc(OCc2ccccc2)cc1)C(=O)O. The second-order valence-electron chi connectivity index (χ2n) is 6.39. The van der Waals surface area contributed by atoms with Crippen LogP contribution in [0, 0.1) is 5.92 Å². The Morgan fingerprint density at radius 3 is 2.37 bits per heavy atom. The summed E-state index contributed by atoms with van der Waals surface area (Å²) in [5, 5.41) is 11.8. The molecule has 2 N–H and O–H groups in total. The van der Waals surface area contributed by atoms with Crippen molar-refractivity contribution in [3.05, 3.63) is 71.8 Å². The van der Waals surface area contributed by atoms with Gasteiger partial charge >= 0.3 is 5.97 Å². The van der Waals surface area contributed by atoms with Crippen molar-refractivity contribution in [3.63, 3.8) is 0 Å². The van der Waals surface area contributed by atoms with Crippen molar-refractivity contribution in [1.82, 2.24) is 5.32 Å². The highest BCUT2D eigenvalue weighted by Crippen LogP contribution is 2.15. The number of aliphatic carboxylic acids is 1. The van der Waals surface area contributed by atoms with E-state index < -0.39 is 17.9 Å². The molecule has 2 atom stereocenters. The van der Waals surface area contributed by atoms with Crippen LogP contribution >= 0.6 is 0 Å². The number of carboxylic acids is 1. The minimum atomic E-state index is -1.02. The molecule has 0 heterocycles. The van der Waals surface area contributed by atoms with Gasteiger partial charge in [0.15, 0.2) is 0 Å². The van der Waals surface area contributed by atoms with Gasteiger partial charge in [-0.2, -0.15) is 0 Å². The largest absolute Gasteiger partial charge is 0.489 e. The Labute approximate surface area is 159 Å². The van der Waals surface area contributed by atoms with Gasteiger partial charge in [0.2, 0.25) is 5.91 Å². The van der Waals surface area contributed by atoms with Crippen LogP contribution in [0.3, 0.4) is 0 Å². The van der Waals surface area contributed by atoms with Crippen LogP contribution in [0.1, 0.15) is 31.4 Å². The number of carboxylic acid groups (broad SMARTS) is 1. The topological polar surface area (TPSA) is 75.6 Å². The van der Waals surface area contributed by atoms with E-state index >= 15 is 0 Å². The Balaban J connectivity index is 1.89. The Morgan fingerprint density at radius 2 is 1.78 bits per heavy atom. The zero-order chi connectivity index (χ0) is 19.6. The van der Waals surface area contributed by atoms with E-state index in [0.29, 0.717) is 13.0 Å². The molecular weight excluding hydrogens is 342 g/mol. The molecule has 0 aliphatic carbocycles. The van der Waals surface area contributed by atoms with Crippen molar-refractivity contribution < 1.29 is 19.4 Å². The van der Waals surface area contributed by atoms with E-state index in [-0.39, 0.29) is 5.92 Å². The van der Waals surface area contributed by atoms with Gasteiger partial charge in [0.1, 0.15) is 18.4 Å². The molecule has 2 rings (SSSR count). The highest BCUT2D eigenvalue weighted by atomic mass is 16.5. The van der Waals surface area contributed by atoms with E-state index in [1.165, 1.54) is 6.08 Å². The van der Waals surface area contributed by atoms with Gasteiger partial charge in [-0.1, -0.05) is 62.7 Å². The monoisotopic (exact) mass is 367 g/mol. The number of benzene rings is 2. The first-order valence-corrected chi connectivity index (χ1v) is 8.97. The van der Waals surface area contributed by atoms with E-state index in [4.69, 9.17) is 4.74 Å². The summed E-state index contributed by atoms with van der Waals surface area (Å²) in [6.07, 6.45) is 3.66. The van der Waals surface area contributed by atoms with E-state index in [1.54, 1.807) is 13.0 Å². The third-order valence-electron chi connectivity index (χ3n) is 4.33. The van der Waals surface area contributed by atoms with Crippen LogP contribution in [0.2, 0.25) is 0 Å². The molecular formula is C22H25NO4. The first-order valence-electron chi connectivity index (χ1n) is 8.97. The van der Waals surface area contributed by atoms with Crippen LogP contribution in [0.5, 0.6) is 5.75 Å². The van der Waals surface area contributed by atoms with Crippen molar-refractivity contribution >= 4 is 18.0 Å². The van der Waals surface area contributed by atoms with Gasteiger partial charge in [0.05, 0.1) is 0 Å². The number of carbonyl (C=O) groups excluding carboxylic acids is 1. The number of rotatable bonds is 9. The summed E-state index contributed by atoms with van der Waals surface area (Å²) in [6.45, 7) is 4.19. The van der Waals surface area contributed by atoms with Gasteiger partial charge < -0.3 is 15.2 Å². The van der Waals surface area contributed by atoms with Gasteiger partial charge in [-0.15, -0.1) is 0 Å². The predicted molar refractivity (Wildman–Crippen MR) is 105 cm³/mol. The van der Waals surface area contributed by atoms with E-state index in [0.717, 1.165) is 16.9 Å². The van der Waals surface area contributed by atoms with Gasteiger partial charge in [0.25, 0.3) is 0 Å². The fourth-order valence-corrected chi connectivity index (χ4v) is 2.47. The second-order valence-corrected chi connectivity index (χ2v) is 6.39. The van der Waals surface area contributed by atoms with E-state index in [9.17, 15) is 14.7 Å². The third-order valence-corrected chi connectivity index (χ3v) is 4.33. The lowest BCUT2D eigenvalue weighted by molar-refractivity contribution is -0.142. The molecule has 0 saturated carbocycles. The first-order chi connectivity index (χ1) is 13.0. The zero-order valence-corrected chi connectivity index (χ0v) is 15.6. The standard InChI is InChI=1S/C22H25NO4/c1-3-16(2)21(22(25)26)23-20(24)14-11-17-9-12-19(13-10-17)27-15-18-7-5-4-6-8-18/h4-14,16,21H,3,15H2,1-2H3,(H,23,24)(H,25,26)/b14-11+. The molecule has 0 aliphatic rings. The Morgan fingerprint density at radius 1 is 1.11 bits per heavy atom. The summed E-state index contributed by atoms with van der Waals surface area (Å²) in [6, 6.07) is 16.4. The molecule has 5 heteroatoms. The van der Waals surface area contributed by atoms with Crippen LogP contribution in [-0.4, -0.2) is 23.0 Å². The smallest absolute Gasteiger partial charge is 0.326 e. The summed E-state index contributed by atoms with van der Waals surface area (Å²) < 4.78 is 5.72. The second kappa shape index (κ2) is 10.2. The molecule has 142 valence electrons. The quantitative estimate of drug-likeness (QED) is 0.659. The number of amides is 1. The first kappa shape index (κ1) is 20.2. The number of ether oxygens (including phenoxy) is 1. The Kier molecular flexibility index (Phi) is 7.62. The van der Waals surface area contributed by atoms with Crippen LogP contribution in [0.15, 0.2) is 60.7 Å². The van der Waals surface area contributed by atoms with Crippen molar-refractivity contribution in [2.45, 2.75) is 32.9 Å². The molecule has 2 unspecified atom stereocenters. The lowest BCUT2D eigenvalue weighted by Crippen LogP contribution is -2.44. The molecule has 5 nitrogen and oxygen atoms in total. The molecule has 0 aliphatic heterocycles. The summed E-state index contributed by atoms with van der Waals surface area (Å²) in [4.78, 5) is 23.3. The summed E-state index contributed by atoms with van der Waals surface area (Å²) in [7, 11) is 0. The lowest BCUT2D eigenvalue weighted by atomic mass is 9.99. The zero-order valence-electron chi connectivity index (χ0n) is 15.6. The normalized spacial score (nSPS) is 13.1. The van der Waals surface area contributed by atoms with Gasteiger partial charge in [-0.05, 0) is 35.3 Å². The number of nitrogens with one attached hydrogen (secondary N) is 1. The van der Waals surface area contributed by atoms with Gasteiger partial charge in [0, 0.05) is 6.08 Å². The Hall–Kier alpha value is -3.08. The molecule has 27 heavy (non-hydrogen) atoms. The van der Waals surface area contributed by atoms with E-state index in [2.05, 4.69) is 5.32 Å². The maximum Gasteiger partial charge on any atom is 0.326 e. The summed E-state index contributed by atoms with van der Waals surface area (Å²) in [5.74, 6) is -0.845. The number of hydrogen-bond acceptors (Lipinski definition) is 3. The fraction of sp³-hybridized carbons (Fsp3) is 0.273. The van der Waals surface area contributed by atoms with Crippen molar-refractivity contribution in [1.29, 1.82) is 0 Å². The maximum atomic E-state index is 12.0. The average molecular weight is 367 g/mol. The molecule has 0 fully saturated rings. The third kappa shape index (κ3) is 6.62. The van der Waals surface area contributed by atoms with Gasteiger partial charge in [-0.25, -0.2) is 4.79 Å². The fourth-order valence-electron chi connectivity index (χ4n) is 2.47. The predicted octanol–water partition coefficient (Wildman–Crippen LogP) is 3.89. The highest BCUT2D eigenvalue weighted by molar-refractivity contribution is 5.94. The van der Waals surface area contributed by atoms with Crippen molar-refractivity contribution in [2.75, 3.05) is 0 Å². The van der Waals surface area contributed by atoms with Crippen LogP contribution < -0.4 is 10.1 Å². The summed E-state index contributed by atoms with van der Waals surface area (Å²) in [5.41, 5.74) is 1.92. The van der Waals surface area contributed by atoms with Crippen LogP contribution in [0.25, 0.3) is 6.08 Å². The molecule has 1 amide bonds. The molecule has 0 radical (unpaired) electrons. The molecule has 0 saturated heterocycles. The molecule has 2 aromatic rings. The molecule has 0 spiro atoms. The highest BCUT2D eigenvalue weighted by Gasteiger charge is 2.24. The number of hydrogen-bond donors (Lipinski definition) is 2. The maximum absolute atomic E-state index is 12.0.